The SMILES string of the molecule is CCNC(=NCc1ccc(OC)c(OC)c1)NCCCN(C)C.I. The van der Waals surface area contributed by atoms with E-state index in [0.29, 0.717) is 6.54 Å². The molecule has 2 N–H and O–H groups in total. The molecule has 0 saturated heterocycles. The van der Waals surface area contributed by atoms with Gasteiger partial charge < -0.3 is 25.0 Å². The quantitative estimate of drug-likeness (QED) is 0.262. The number of nitrogens with one attached hydrogen (secondary N) is 2. The second-order valence-corrected chi connectivity index (χ2v) is 5.47. The molecule has 1 aromatic rings. The van der Waals surface area contributed by atoms with Crippen LogP contribution in [0.15, 0.2) is 23.2 Å². The van der Waals surface area contributed by atoms with Gasteiger partial charge in [-0.05, 0) is 51.7 Å². The molecule has 0 unspecified atom stereocenters. The van der Waals surface area contributed by atoms with Gasteiger partial charge in [-0.1, -0.05) is 6.07 Å². The van der Waals surface area contributed by atoms with Gasteiger partial charge in [-0.15, -0.1) is 24.0 Å². The van der Waals surface area contributed by atoms with Crippen molar-refractivity contribution in [2.24, 2.45) is 4.99 Å². The molecule has 0 bridgehead atoms. The number of ether oxygens (including phenoxy) is 2. The number of aliphatic imine (C=N–C) groups is 1. The summed E-state index contributed by atoms with van der Waals surface area (Å²) >= 11 is 0. The Labute approximate surface area is 163 Å². The first-order valence-corrected chi connectivity index (χ1v) is 7.98. The molecule has 0 saturated carbocycles. The van der Waals surface area contributed by atoms with Crippen LogP contribution >= 0.6 is 24.0 Å². The predicted octanol–water partition coefficient (Wildman–Crippen LogP) is 2.33. The van der Waals surface area contributed by atoms with Crippen LogP contribution in [0.4, 0.5) is 0 Å². The Balaban J connectivity index is 0.00000529. The van der Waals surface area contributed by atoms with Crippen LogP contribution in [0.3, 0.4) is 0 Å². The molecule has 0 radical (unpaired) electrons. The summed E-state index contributed by atoms with van der Waals surface area (Å²) < 4.78 is 10.6. The molecule has 138 valence electrons. The molecule has 1 aromatic carbocycles. The van der Waals surface area contributed by atoms with E-state index in [1.165, 1.54) is 0 Å². The Hall–Kier alpha value is -1.22. The summed E-state index contributed by atoms with van der Waals surface area (Å²) in [5.41, 5.74) is 1.08. The molecule has 0 aliphatic carbocycles. The van der Waals surface area contributed by atoms with Crippen molar-refractivity contribution < 1.29 is 9.47 Å². The number of methoxy groups -OCH3 is 2. The highest BCUT2D eigenvalue weighted by molar-refractivity contribution is 14.0. The summed E-state index contributed by atoms with van der Waals surface area (Å²) in [6, 6.07) is 5.86. The molecule has 7 heteroatoms. The summed E-state index contributed by atoms with van der Waals surface area (Å²) in [5.74, 6) is 2.29. The van der Waals surface area contributed by atoms with Gasteiger partial charge in [0.05, 0.1) is 20.8 Å². The molecule has 0 aliphatic rings. The minimum absolute atomic E-state index is 0. The fourth-order valence-corrected chi connectivity index (χ4v) is 2.09. The van der Waals surface area contributed by atoms with Crippen LogP contribution in [0.1, 0.15) is 18.9 Å². The summed E-state index contributed by atoms with van der Waals surface area (Å²) in [7, 11) is 7.44. The topological polar surface area (TPSA) is 58.1 Å². The van der Waals surface area contributed by atoms with Crippen molar-refractivity contribution in [1.29, 1.82) is 0 Å². The van der Waals surface area contributed by atoms with Crippen LogP contribution in [0.25, 0.3) is 0 Å². The van der Waals surface area contributed by atoms with Crippen molar-refractivity contribution in [1.82, 2.24) is 15.5 Å². The van der Waals surface area contributed by atoms with E-state index < -0.39 is 0 Å². The molecular formula is C17H31IN4O2. The largest absolute Gasteiger partial charge is 0.493 e. The van der Waals surface area contributed by atoms with Crippen molar-refractivity contribution in [2.75, 3.05) is 47.9 Å². The van der Waals surface area contributed by atoms with Gasteiger partial charge in [0.25, 0.3) is 0 Å². The van der Waals surface area contributed by atoms with E-state index in [4.69, 9.17) is 9.47 Å². The zero-order valence-electron chi connectivity index (χ0n) is 15.4. The average Bonchev–Trinajstić information content (AvgIpc) is 2.55. The molecule has 0 amide bonds. The first-order chi connectivity index (χ1) is 11.1. The molecule has 0 heterocycles. The fraction of sp³-hybridized carbons (Fsp3) is 0.588. The van der Waals surface area contributed by atoms with Gasteiger partial charge >= 0.3 is 0 Å². The maximum absolute atomic E-state index is 5.32. The monoisotopic (exact) mass is 450 g/mol. The highest BCUT2D eigenvalue weighted by Crippen LogP contribution is 2.27. The Bertz CT molecular complexity index is 495. The lowest BCUT2D eigenvalue weighted by atomic mass is 10.2. The lowest BCUT2D eigenvalue weighted by Gasteiger charge is -2.13. The molecule has 0 atom stereocenters. The molecule has 24 heavy (non-hydrogen) atoms. The normalized spacial score (nSPS) is 11.0. The van der Waals surface area contributed by atoms with E-state index in [1.54, 1.807) is 14.2 Å². The third kappa shape index (κ3) is 8.58. The van der Waals surface area contributed by atoms with Crippen molar-refractivity contribution >= 4 is 29.9 Å². The Kier molecular flexibility index (Phi) is 12.4. The molecule has 6 nitrogen and oxygen atoms in total. The Morgan fingerprint density at radius 1 is 1.12 bits per heavy atom. The van der Waals surface area contributed by atoms with Gasteiger partial charge in [0.2, 0.25) is 0 Å². The number of rotatable bonds is 9. The number of hydrogen-bond acceptors (Lipinski definition) is 4. The van der Waals surface area contributed by atoms with E-state index in [2.05, 4.69) is 41.5 Å². The number of hydrogen-bond donors (Lipinski definition) is 2. The summed E-state index contributed by atoms with van der Waals surface area (Å²) in [4.78, 5) is 6.79. The van der Waals surface area contributed by atoms with Crippen LogP contribution in [-0.4, -0.2) is 58.8 Å². The van der Waals surface area contributed by atoms with E-state index in [-0.39, 0.29) is 24.0 Å². The van der Waals surface area contributed by atoms with E-state index >= 15 is 0 Å². The lowest BCUT2D eigenvalue weighted by Crippen LogP contribution is -2.38. The van der Waals surface area contributed by atoms with Gasteiger partial charge in [0.15, 0.2) is 17.5 Å². The van der Waals surface area contributed by atoms with Gasteiger partial charge in [-0.3, -0.25) is 0 Å². The van der Waals surface area contributed by atoms with Gasteiger partial charge in [-0.25, -0.2) is 4.99 Å². The number of guanidine groups is 1. The summed E-state index contributed by atoms with van der Waals surface area (Å²) in [6.07, 6.45) is 1.08. The molecular weight excluding hydrogens is 419 g/mol. The maximum atomic E-state index is 5.32. The van der Waals surface area contributed by atoms with Crippen LogP contribution in [0, 0.1) is 0 Å². The van der Waals surface area contributed by atoms with E-state index in [1.807, 2.05) is 18.2 Å². The van der Waals surface area contributed by atoms with Crippen molar-refractivity contribution in [2.45, 2.75) is 19.9 Å². The van der Waals surface area contributed by atoms with Gasteiger partial charge in [0, 0.05) is 13.1 Å². The van der Waals surface area contributed by atoms with Crippen molar-refractivity contribution in [3.8, 4) is 11.5 Å². The first kappa shape index (κ1) is 22.8. The van der Waals surface area contributed by atoms with Crippen molar-refractivity contribution in [3.05, 3.63) is 23.8 Å². The van der Waals surface area contributed by atoms with Crippen LogP contribution in [0.5, 0.6) is 11.5 Å². The average molecular weight is 450 g/mol. The van der Waals surface area contributed by atoms with Crippen LogP contribution in [-0.2, 0) is 6.54 Å². The summed E-state index contributed by atoms with van der Waals surface area (Å²) in [5, 5.41) is 6.62. The smallest absolute Gasteiger partial charge is 0.191 e. The Morgan fingerprint density at radius 3 is 2.42 bits per heavy atom. The van der Waals surface area contributed by atoms with Crippen LogP contribution < -0.4 is 20.1 Å². The van der Waals surface area contributed by atoms with Crippen LogP contribution in [0.2, 0.25) is 0 Å². The fourth-order valence-electron chi connectivity index (χ4n) is 2.09. The lowest BCUT2D eigenvalue weighted by molar-refractivity contribution is 0.354. The number of benzene rings is 1. The molecule has 0 aromatic heterocycles. The second-order valence-electron chi connectivity index (χ2n) is 5.47. The predicted molar refractivity (Wildman–Crippen MR) is 111 cm³/mol. The maximum Gasteiger partial charge on any atom is 0.191 e. The highest BCUT2D eigenvalue weighted by Gasteiger charge is 2.04. The Morgan fingerprint density at radius 2 is 1.83 bits per heavy atom. The summed E-state index contributed by atoms with van der Waals surface area (Å²) in [6.45, 7) is 5.44. The van der Waals surface area contributed by atoms with E-state index in [9.17, 15) is 0 Å². The zero-order valence-corrected chi connectivity index (χ0v) is 17.7. The molecule has 0 fully saturated rings. The minimum atomic E-state index is 0. The standard InChI is InChI=1S/C17H30N4O2.HI/c1-6-18-17(19-10-7-11-21(2)3)20-13-14-8-9-15(22-4)16(12-14)23-5;/h8-9,12H,6-7,10-11,13H2,1-5H3,(H2,18,19,20);1H. The third-order valence-corrected chi connectivity index (χ3v) is 3.29. The van der Waals surface area contributed by atoms with Crippen molar-refractivity contribution in [3.63, 3.8) is 0 Å². The second kappa shape index (κ2) is 13.1. The zero-order chi connectivity index (χ0) is 17.1. The number of halogens is 1. The minimum Gasteiger partial charge on any atom is -0.493 e. The highest BCUT2D eigenvalue weighted by atomic mass is 127. The molecule has 0 spiro atoms. The van der Waals surface area contributed by atoms with Gasteiger partial charge in [0.1, 0.15) is 0 Å². The molecule has 0 aliphatic heterocycles. The molecule has 1 rings (SSSR count). The third-order valence-electron chi connectivity index (χ3n) is 3.29. The van der Waals surface area contributed by atoms with E-state index in [0.717, 1.165) is 49.1 Å². The van der Waals surface area contributed by atoms with Gasteiger partial charge in [-0.2, -0.15) is 0 Å². The first-order valence-electron chi connectivity index (χ1n) is 7.98. The number of nitrogens with zero attached hydrogens (tertiary/aromatic N) is 2.